The number of rotatable bonds is 3. The summed E-state index contributed by atoms with van der Waals surface area (Å²) in [6.45, 7) is 13.1. The van der Waals surface area contributed by atoms with Gasteiger partial charge >= 0.3 is 0 Å². The Kier molecular flexibility index (Phi) is 3.90. The molecular weight excluding hydrogens is 236 g/mol. The van der Waals surface area contributed by atoms with Crippen molar-refractivity contribution < 1.29 is 0 Å². The molecular formula is C15H28N4. The number of nitrogens with one attached hydrogen (secondary N) is 1. The first-order valence-electron chi connectivity index (χ1n) is 7.34. The van der Waals surface area contributed by atoms with E-state index in [2.05, 4.69) is 61.7 Å². The summed E-state index contributed by atoms with van der Waals surface area (Å²) < 4.78 is 2.05. The van der Waals surface area contributed by atoms with Crippen LogP contribution < -0.4 is 10.2 Å². The zero-order valence-corrected chi connectivity index (χ0v) is 13.2. The predicted octanol–water partition coefficient (Wildman–Crippen LogP) is 2.61. The normalized spacial score (nSPS) is 20.3. The van der Waals surface area contributed by atoms with Gasteiger partial charge in [-0.2, -0.15) is 5.10 Å². The van der Waals surface area contributed by atoms with Crippen LogP contribution >= 0.6 is 0 Å². The van der Waals surface area contributed by atoms with Crippen molar-refractivity contribution >= 4 is 5.82 Å². The van der Waals surface area contributed by atoms with Gasteiger partial charge in [0.2, 0.25) is 0 Å². The van der Waals surface area contributed by atoms with E-state index in [0.717, 1.165) is 18.8 Å². The maximum absolute atomic E-state index is 4.63. The number of aryl methyl sites for hydroxylation is 2. The number of nitrogens with zero attached hydrogens (tertiary/aromatic N) is 3. The molecule has 1 atom stereocenters. The Morgan fingerprint density at radius 2 is 2.05 bits per heavy atom. The minimum Gasteiger partial charge on any atom is -0.354 e. The molecule has 4 heteroatoms. The highest BCUT2D eigenvalue weighted by molar-refractivity contribution is 5.51. The molecule has 1 aromatic rings. The zero-order valence-electron chi connectivity index (χ0n) is 13.2. The van der Waals surface area contributed by atoms with Crippen molar-refractivity contribution in [3.63, 3.8) is 0 Å². The third kappa shape index (κ3) is 3.11. The largest absolute Gasteiger partial charge is 0.354 e. The summed E-state index contributed by atoms with van der Waals surface area (Å²) in [6, 6.07) is 0.628. The first-order valence-corrected chi connectivity index (χ1v) is 7.34. The highest BCUT2D eigenvalue weighted by Gasteiger charge is 2.27. The van der Waals surface area contributed by atoms with Gasteiger partial charge in [-0.05, 0) is 47.5 Å². The standard InChI is InChI=1S/C15H28N4/c1-11-8-7-9-19(11)14-13(10-16-15(3,4)5)12(2)17-18(14)6/h11,16H,7-10H2,1-6H3. The minimum absolute atomic E-state index is 0.135. The summed E-state index contributed by atoms with van der Waals surface area (Å²) in [5, 5.41) is 8.22. The molecule has 1 aliphatic rings. The van der Waals surface area contributed by atoms with E-state index in [0.29, 0.717) is 6.04 Å². The van der Waals surface area contributed by atoms with Gasteiger partial charge in [-0.25, -0.2) is 0 Å². The van der Waals surface area contributed by atoms with Gasteiger partial charge in [0.15, 0.2) is 0 Å². The molecule has 2 heterocycles. The lowest BCUT2D eigenvalue weighted by atomic mass is 10.1. The van der Waals surface area contributed by atoms with E-state index in [-0.39, 0.29) is 5.54 Å². The van der Waals surface area contributed by atoms with Crippen molar-refractivity contribution in [2.24, 2.45) is 7.05 Å². The minimum atomic E-state index is 0.135. The van der Waals surface area contributed by atoms with Gasteiger partial charge in [0, 0.05) is 37.3 Å². The fourth-order valence-corrected chi connectivity index (χ4v) is 2.86. The molecule has 0 saturated carbocycles. The average molecular weight is 264 g/mol. The van der Waals surface area contributed by atoms with Crippen LogP contribution in [-0.2, 0) is 13.6 Å². The van der Waals surface area contributed by atoms with Crippen molar-refractivity contribution in [2.75, 3.05) is 11.4 Å². The molecule has 1 aliphatic heterocycles. The third-order valence-corrected chi connectivity index (χ3v) is 3.93. The van der Waals surface area contributed by atoms with E-state index < -0.39 is 0 Å². The fraction of sp³-hybridized carbons (Fsp3) is 0.800. The summed E-state index contributed by atoms with van der Waals surface area (Å²) in [4.78, 5) is 2.51. The number of hydrogen-bond acceptors (Lipinski definition) is 3. The molecule has 108 valence electrons. The van der Waals surface area contributed by atoms with Crippen molar-refractivity contribution in [3.05, 3.63) is 11.3 Å². The fourth-order valence-electron chi connectivity index (χ4n) is 2.86. The lowest BCUT2D eigenvalue weighted by Crippen LogP contribution is -2.36. The van der Waals surface area contributed by atoms with Crippen molar-refractivity contribution in [2.45, 2.75) is 65.6 Å². The zero-order chi connectivity index (χ0) is 14.2. The van der Waals surface area contributed by atoms with Gasteiger partial charge in [-0.15, -0.1) is 0 Å². The summed E-state index contributed by atoms with van der Waals surface area (Å²) in [7, 11) is 2.06. The highest BCUT2D eigenvalue weighted by atomic mass is 15.4. The predicted molar refractivity (Wildman–Crippen MR) is 80.6 cm³/mol. The SMILES string of the molecule is Cc1nn(C)c(N2CCCC2C)c1CNC(C)(C)C. The molecule has 1 fully saturated rings. The highest BCUT2D eigenvalue weighted by Crippen LogP contribution is 2.30. The van der Waals surface area contributed by atoms with Gasteiger partial charge in [0.1, 0.15) is 5.82 Å². The second-order valence-electron chi connectivity index (χ2n) is 6.80. The maximum atomic E-state index is 4.63. The van der Waals surface area contributed by atoms with E-state index in [1.165, 1.54) is 24.2 Å². The van der Waals surface area contributed by atoms with E-state index in [1.807, 2.05) is 0 Å². The van der Waals surface area contributed by atoms with Crippen LogP contribution in [-0.4, -0.2) is 27.9 Å². The van der Waals surface area contributed by atoms with Gasteiger partial charge in [0.25, 0.3) is 0 Å². The quantitative estimate of drug-likeness (QED) is 0.911. The topological polar surface area (TPSA) is 33.1 Å². The van der Waals surface area contributed by atoms with Crippen LogP contribution in [0, 0.1) is 6.92 Å². The molecule has 0 bridgehead atoms. The van der Waals surface area contributed by atoms with E-state index in [9.17, 15) is 0 Å². The summed E-state index contributed by atoms with van der Waals surface area (Å²) in [5.41, 5.74) is 2.63. The van der Waals surface area contributed by atoms with Crippen LogP contribution in [0.1, 0.15) is 51.8 Å². The summed E-state index contributed by atoms with van der Waals surface area (Å²) >= 11 is 0. The summed E-state index contributed by atoms with van der Waals surface area (Å²) in [5.74, 6) is 1.30. The summed E-state index contributed by atoms with van der Waals surface area (Å²) in [6.07, 6.45) is 2.58. The van der Waals surface area contributed by atoms with Gasteiger partial charge in [-0.3, -0.25) is 4.68 Å². The Balaban J connectivity index is 2.27. The average Bonchev–Trinajstić information content (AvgIpc) is 2.78. The van der Waals surface area contributed by atoms with Crippen LogP contribution in [0.3, 0.4) is 0 Å². The Morgan fingerprint density at radius 3 is 2.58 bits per heavy atom. The molecule has 2 rings (SSSR count). The first kappa shape index (κ1) is 14.4. The Morgan fingerprint density at radius 1 is 1.37 bits per heavy atom. The molecule has 0 radical (unpaired) electrons. The van der Waals surface area contributed by atoms with Crippen LogP contribution in [0.15, 0.2) is 0 Å². The molecule has 1 unspecified atom stereocenters. The second kappa shape index (κ2) is 5.16. The lowest BCUT2D eigenvalue weighted by molar-refractivity contribution is 0.423. The monoisotopic (exact) mass is 264 g/mol. The smallest absolute Gasteiger partial charge is 0.131 e. The number of anilines is 1. The third-order valence-electron chi connectivity index (χ3n) is 3.93. The molecule has 19 heavy (non-hydrogen) atoms. The van der Waals surface area contributed by atoms with E-state index in [4.69, 9.17) is 0 Å². The molecule has 0 spiro atoms. The molecule has 1 N–H and O–H groups in total. The molecule has 1 aromatic heterocycles. The molecule has 4 nitrogen and oxygen atoms in total. The lowest BCUT2D eigenvalue weighted by Gasteiger charge is -2.27. The van der Waals surface area contributed by atoms with Crippen LogP contribution in [0.25, 0.3) is 0 Å². The Hall–Kier alpha value is -1.03. The van der Waals surface area contributed by atoms with E-state index in [1.54, 1.807) is 0 Å². The molecule has 0 aromatic carbocycles. The maximum Gasteiger partial charge on any atom is 0.131 e. The van der Waals surface area contributed by atoms with Gasteiger partial charge < -0.3 is 10.2 Å². The Bertz CT molecular complexity index is 442. The van der Waals surface area contributed by atoms with Crippen LogP contribution in [0.4, 0.5) is 5.82 Å². The van der Waals surface area contributed by atoms with Crippen LogP contribution in [0.5, 0.6) is 0 Å². The van der Waals surface area contributed by atoms with Crippen molar-refractivity contribution in [3.8, 4) is 0 Å². The number of aromatic nitrogens is 2. The van der Waals surface area contributed by atoms with Crippen molar-refractivity contribution in [1.29, 1.82) is 0 Å². The van der Waals surface area contributed by atoms with Crippen LogP contribution in [0.2, 0.25) is 0 Å². The van der Waals surface area contributed by atoms with Crippen molar-refractivity contribution in [1.82, 2.24) is 15.1 Å². The van der Waals surface area contributed by atoms with Gasteiger partial charge in [0.05, 0.1) is 5.69 Å². The second-order valence-corrected chi connectivity index (χ2v) is 6.80. The molecule has 1 saturated heterocycles. The Labute approximate surface area is 117 Å². The number of hydrogen-bond donors (Lipinski definition) is 1. The first-order chi connectivity index (χ1) is 8.79. The molecule has 0 amide bonds. The van der Waals surface area contributed by atoms with Gasteiger partial charge in [-0.1, -0.05) is 0 Å². The van der Waals surface area contributed by atoms with E-state index >= 15 is 0 Å². The molecule has 0 aliphatic carbocycles.